The number of carbonyl (C=O) groups excluding carboxylic acids is 1. The van der Waals surface area contributed by atoms with Crippen LogP contribution in [0.2, 0.25) is 0 Å². The predicted octanol–water partition coefficient (Wildman–Crippen LogP) is 6.66. The van der Waals surface area contributed by atoms with Crippen LogP contribution in [0.3, 0.4) is 0 Å². The first kappa shape index (κ1) is 25.0. The largest absolute Gasteiger partial charge is 0.478 e. The van der Waals surface area contributed by atoms with Crippen LogP contribution in [-0.2, 0) is 13.0 Å². The van der Waals surface area contributed by atoms with Crippen LogP contribution in [-0.4, -0.2) is 23.7 Å². The molecular weight excluding hydrogens is 431 g/mol. The molecule has 2 N–H and O–H groups in total. The number of halogens is 1. The van der Waals surface area contributed by atoms with E-state index in [0.717, 1.165) is 35.6 Å². The number of carboxylic acids is 1. The molecule has 0 aliphatic carbocycles. The first-order chi connectivity index (χ1) is 16.4. The molecule has 0 aliphatic rings. The van der Waals surface area contributed by atoms with Crippen LogP contribution in [0.5, 0.6) is 0 Å². The van der Waals surface area contributed by atoms with E-state index in [0.29, 0.717) is 12.2 Å². The first-order valence-corrected chi connectivity index (χ1v) is 11.7. The lowest BCUT2D eigenvalue weighted by atomic mass is 10.0. The molecule has 0 saturated carbocycles. The molecule has 0 saturated heterocycles. The second kappa shape index (κ2) is 12.0. The molecule has 3 aromatic carbocycles. The lowest BCUT2D eigenvalue weighted by Gasteiger charge is -2.24. The van der Waals surface area contributed by atoms with Crippen molar-refractivity contribution in [3.05, 3.63) is 89.2 Å². The molecule has 0 aliphatic heterocycles. The van der Waals surface area contributed by atoms with Gasteiger partial charge in [-0.2, -0.15) is 0 Å². The van der Waals surface area contributed by atoms with Gasteiger partial charge in [-0.3, -0.25) is 4.90 Å². The van der Waals surface area contributed by atoms with Gasteiger partial charge in [0.05, 0.1) is 12.1 Å². The minimum absolute atomic E-state index is 0.219. The number of urea groups is 1. The normalized spacial score (nSPS) is 10.7. The monoisotopic (exact) mass is 462 g/mol. The molecule has 0 unspecified atom stereocenters. The summed E-state index contributed by atoms with van der Waals surface area (Å²) in [5.41, 5.74) is 4.24. The van der Waals surface area contributed by atoms with E-state index in [9.17, 15) is 19.1 Å². The number of unbranched alkanes of at least 4 members (excludes halogenated alkanes) is 1. The molecule has 2 amide bonds. The highest BCUT2D eigenvalue weighted by Crippen LogP contribution is 2.24. The van der Waals surface area contributed by atoms with Gasteiger partial charge in [0.15, 0.2) is 0 Å². The van der Waals surface area contributed by atoms with Crippen LogP contribution in [0.15, 0.2) is 66.7 Å². The van der Waals surface area contributed by atoms with E-state index >= 15 is 0 Å². The maximum Gasteiger partial charge on any atom is 0.338 e. The van der Waals surface area contributed by atoms with E-state index in [1.165, 1.54) is 35.4 Å². The number of hydrogen-bond donors (Lipinski definition) is 2. The summed E-state index contributed by atoms with van der Waals surface area (Å²) in [6.45, 7) is 4.83. The number of aromatic carboxylic acids is 1. The average Bonchev–Trinajstić information content (AvgIpc) is 2.85. The zero-order valence-corrected chi connectivity index (χ0v) is 19.7. The van der Waals surface area contributed by atoms with Crippen molar-refractivity contribution in [1.82, 2.24) is 5.32 Å². The Morgan fingerprint density at radius 1 is 0.882 bits per heavy atom. The molecule has 0 spiro atoms. The molecule has 0 heterocycles. The van der Waals surface area contributed by atoms with Crippen molar-refractivity contribution < 1.29 is 19.1 Å². The fraction of sp³-hybridized carbons (Fsp3) is 0.286. The number of nitrogens with zero attached hydrogens (tertiary/aromatic N) is 1. The highest BCUT2D eigenvalue weighted by Gasteiger charge is 2.19. The zero-order chi connectivity index (χ0) is 24.5. The van der Waals surface area contributed by atoms with E-state index < -0.39 is 17.3 Å². The Morgan fingerprint density at radius 2 is 1.50 bits per heavy atom. The second-order valence-electron chi connectivity index (χ2n) is 8.28. The van der Waals surface area contributed by atoms with E-state index in [1.54, 1.807) is 0 Å². The summed E-state index contributed by atoms with van der Waals surface area (Å²) in [6.07, 6.45) is 4.19. The number of benzene rings is 3. The lowest BCUT2D eigenvalue weighted by molar-refractivity contribution is 0.0692. The summed E-state index contributed by atoms with van der Waals surface area (Å²) < 4.78 is 13.9. The number of hydrogen-bond acceptors (Lipinski definition) is 2. The molecule has 178 valence electrons. The number of carbonyl (C=O) groups is 2. The van der Waals surface area contributed by atoms with E-state index in [4.69, 9.17) is 0 Å². The van der Waals surface area contributed by atoms with Gasteiger partial charge in [0, 0.05) is 12.2 Å². The topological polar surface area (TPSA) is 69.6 Å². The van der Waals surface area contributed by atoms with Crippen LogP contribution in [0.1, 0.15) is 54.6 Å². The molecule has 0 atom stereocenters. The van der Waals surface area contributed by atoms with Crippen LogP contribution in [0, 0.1) is 5.82 Å². The summed E-state index contributed by atoms with van der Waals surface area (Å²) in [4.78, 5) is 25.7. The highest BCUT2D eigenvalue weighted by molar-refractivity contribution is 5.95. The zero-order valence-electron chi connectivity index (χ0n) is 19.7. The summed E-state index contributed by atoms with van der Waals surface area (Å²) >= 11 is 0. The minimum atomic E-state index is -1.38. The fourth-order valence-corrected chi connectivity index (χ4v) is 3.68. The Morgan fingerprint density at radius 3 is 2.06 bits per heavy atom. The third-order valence-corrected chi connectivity index (χ3v) is 5.66. The number of anilines is 1. The Balaban J connectivity index is 1.82. The summed E-state index contributed by atoms with van der Waals surface area (Å²) in [5, 5.41) is 12.1. The van der Waals surface area contributed by atoms with Gasteiger partial charge >= 0.3 is 12.0 Å². The van der Waals surface area contributed by atoms with Gasteiger partial charge in [-0.25, -0.2) is 14.0 Å². The maximum atomic E-state index is 13.9. The van der Waals surface area contributed by atoms with Crippen LogP contribution < -0.4 is 10.2 Å². The van der Waals surface area contributed by atoms with Crippen molar-refractivity contribution in [2.45, 2.75) is 46.1 Å². The molecule has 0 fully saturated rings. The van der Waals surface area contributed by atoms with Crippen LogP contribution in [0.4, 0.5) is 14.9 Å². The standard InChI is InChI=1S/C28H31FN2O3/c1-3-5-6-20-7-11-22(12-8-20)23-13-9-21(10-14-23)19-31(28(34)30-17-4-2)24-15-16-26(29)25(18-24)27(32)33/h7-16,18H,3-6,17,19H2,1-2H3,(H,30,34)(H,32,33). The summed E-state index contributed by atoms with van der Waals surface area (Å²) in [5.74, 6) is -2.21. The van der Waals surface area contributed by atoms with E-state index in [1.807, 2.05) is 31.2 Å². The number of aryl methyl sites for hydroxylation is 1. The Bertz CT molecular complexity index is 1110. The van der Waals surface area contributed by atoms with Gasteiger partial charge in [0.1, 0.15) is 5.82 Å². The number of amides is 2. The van der Waals surface area contributed by atoms with Crippen molar-refractivity contribution in [2.75, 3.05) is 11.4 Å². The average molecular weight is 463 g/mol. The third-order valence-electron chi connectivity index (χ3n) is 5.66. The molecule has 3 rings (SSSR count). The van der Waals surface area contributed by atoms with Gasteiger partial charge < -0.3 is 10.4 Å². The van der Waals surface area contributed by atoms with E-state index in [-0.39, 0.29) is 12.6 Å². The SMILES string of the molecule is CCCCc1ccc(-c2ccc(CN(C(=O)NCCC)c3ccc(F)c(C(=O)O)c3)cc2)cc1. The molecule has 0 aromatic heterocycles. The summed E-state index contributed by atoms with van der Waals surface area (Å²) in [7, 11) is 0. The van der Waals surface area contributed by atoms with Crippen LogP contribution >= 0.6 is 0 Å². The molecule has 5 nitrogen and oxygen atoms in total. The van der Waals surface area contributed by atoms with Crippen molar-refractivity contribution in [3.63, 3.8) is 0 Å². The van der Waals surface area contributed by atoms with Gasteiger partial charge in [-0.05, 0) is 59.7 Å². The molecular formula is C28H31FN2O3. The number of carboxylic acid groups (broad SMARTS) is 1. The Labute approximate surface area is 200 Å². The van der Waals surface area contributed by atoms with Gasteiger partial charge in [0.2, 0.25) is 0 Å². The Kier molecular flexibility index (Phi) is 8.79. The second-order valence-corrected chi connectivity index (χ2v) is 8.28. The highest BCUT2D eigenvalue weighted by atomic mass is 19.1. The van der Waals surface area contributed by atoms with Crippen molar-refractivity contribution in [2.24, 2.45) is 0 Å². The molecule has 0 radical (unpaired) electrons. The molecule has 34 heavy (non-hydrogen) atoms. The van der Waals surface area contributed by atoms with Crippen LogP contribution in [0.25, 0.3) is 11.1 Å². The minimum Gasteiger partial charge on any atom is -0.478 e. The summed E-state index contributed by atoms with van der Waals surface area (Å²) in [6, 6.07) is 19.8. The number of nitrogens with one attached hydrogen (secondary N) is 1. The molecule has 0 bridgehead atoms. The first-order valence-electron chi connectivity index (χ1n) is 11.7. The number of rotatable bonds is 10. The van der Waals surface area contributed by atoms with E-state index in [2.05, 4.69) is 36.5 Å². The van der Waals surface area contributed by atoms with Gasteiger partial charge in [-0.15, -0.1) is 0 Å². The lowest BCUT2D eigenvalue weighted by Crippen LogP contribution is -2.40. The maximum absolute atomic E-state index is 13.9. The fourth-order valence-electron chi connectivity index (χ4n) is 3.68. The van der Waals surface area contributed by atoms with Gasteiger partial charge in [0.25, 0.3) is 0 Å². The molecule has 3 aromatic rings. The van der Waals surface area contributed by atoms with Crippen molar-refractivity contribution >= 4 is 17.7 Å². The smallest absolute Gasteiger partial charge is 0.338 e. The Hall–Kier alpha value is -3.67. The molecule has 6 heteroatoms. The van der Waals surface area contributed by atoms with Gasteiger partial charge in [-0.1, -0.05) is 68.8 Å². The van der Waals surface area contributed by atoms with Crippen molar-refractivity contribution in [1.29, 1.82) is 0 Å². The third kappa shape index (κ3) is 6.44. The van der Waals surface area contributed by atoms with Crippen molar-refractivity contribution in [3.8, 4) is 11.1 Å². The predicted molar refractivity (Wildman–Crippen MR) is 134 cm³/mol. The quantitative estimate of drug-likeness (QED) is 0.354.